The van der Waals surface area contributed by atoms with Gasteiger partial charge in [-0.1, -0.05) is 38.1 Å². The van der Waals surface area contributed by atoms with E-state index in [4.69, 9.17) is 9.47 Å². The SMILES string of the molecule is COCCO[C@H]1[C@H](NC(=O)C(C)C)c2ccccc2C12CCN(C(=O)c1cccnc1SC)CC2. The second-order valence-corrected chi connectivity index (χ2v) is 10.3. The molecule has 2 atom stereocenters. The lowest BCUT2D eigenvalue weighted by Gasteiger charge is -2.44. The number of benzene rings is 1. The van der Waals surface area contributed by atoms with E-state index in [1.807, 2.05) is 43.2 Å². The lowest BCUT2D eigenvalue weighted by Crippen LogP contribution is -2.52. The van der Waals surface area contributed by atoms with Gasteiger partial charge in [0.2, 0.25) is 5.91 Å². The Kier molecular flexibility index (Phi) is 8.14. The first kappa shape index (κ1) is 25.7. The normalized spacial score (nSPS) is 20.8. The third-order valence-electron chi connectivity index (χ3n) is 7.22. The fraction of sp³-hybridized carbons (Fsp3) is 0.519. The van der Waals surface area contributed by atoms with Crippen molar-refractivity contribution >= 4 is 23.6 Å². The van der Waals surface area contributed by atoms with E-state index in [0.29, 0.717) is 31.9 Å². The standard InChI is InChI=1S/C27H35N3O4S/c1-18(2)24(31)29-22-19-8-5-6-10-21(19)27(23(22)34-17-16-33-3)11-14-30(15-12-27)26(32)20-9-7-13-28-25(20)35-4/h5-10,13,18,22-23H,11-12,14-17H2,1-4H3,(H,29,31)/t22-,23+/m1/s1. The Hall–Kier alpha value is -2.42. The molecule has 0 unspecified atom stereocenters. The van der Waals surface area contributed by atoms with Gasteiger partial charge in [0.15, 0.2) is 0 Å². The van der Waals surface area contributed by atoms with Crippen LogP contribution in [-0.2, 0) is 19.7 Å². The number of nitrogens with one attached hydrogen (secondary N) is 1. The molecule has 4 rings (SSSR count). The summed E-state index contributed by atoms with van der Waals surface area (Å²) in [5, 5.41) is 4.01. The van der Waals surface area contributed by atoms with E-state index in [9.17, 15) is 9.59 Å². The molecule has 0 saturated carbocycles. The third-order valence-corrected chi connectivity index (χ3v) is 7.94. The molecule has 2 heterocycles. The number of nitrogens with zero attached hydrogens (tertiary/aromatic N) is 2. The number of hydrogen-bond acceptors (Lipinski definition) is 6. The van der Waals surface area contributed by atoms with Crippen molar-refractivity contribution in [2.24, 2.45) is 5.92 Å². The number of carbonyl (C=O) groups is 2. The molecule has 1 fully saturated rings. The average molecular weight is 498 g/mol. The second-order valence-electron chi connectivity index (χ2n) is 9.52. The molecule has 1 aliphatic carbocycles. The van der Waals surface area contributed by atoms with Gasteiger partial charge in [-0.05, 0) is 42.4 Å². The predicted molar refractivity (Wildman–Crippen MR) is 137 cm³/mol. The topological polar surface area (TPSA) is 80.8 Å². The van der Waals surface area contributed by atoms with Gasteiger partial charge in [0.25, 0.3) is 5.91 Å². The fourth-order valence-electron chi connectivity index (χ4n) is 5.39. The van der Waals surface area contributed by atoms with E-state index in [-0.39, 0.29) is 35.3 Å². The van der Waals surface area contributed by atoms with Gasteiger partial charge >= 0.3 is 0 Å². The molecule has 2 amide bonds. The minimum atomic E-state index is -0.284. The van der Waals surface area contributed by atoms with Crippen molar-refractivity contribution in [2.75, 3.05) is 39.7 Å². The highest BCUT2D eigenvalue weighted by atomic mass is 32.2. The van der Waals surface area contributed by atoms with Crippen molar-refractivity contribution in [3.63, 3.8) is 0 Å². The number of pyridine rings is 1. The summed E-state index contributed by atoms with van der Waals surface area (Å²) in [4.78, 5) is 32.4. The van der Waals surface area contributed by atoms with Crippen LogP contribution in [-0.4, -0.2) is 67.5 Å². The van der Waals surface area contributed by atoms with Gasteiger partial charge in [0, 0.05) is 37.7 Å². The monoisotopic (exact) mass is 497 g/mol. The van der Waals surface area contributed by atoms with Crippen LogP contribution in [0.3, 0.4) is 0 Å². The molecule has 1 aliphatic heterocycles. The predicted octanol–water partition coefficient (Wildman–Crippen LogP) is 3.84. The van der Waals surface area contributed by atoms with Gasteiger partial charge in [-0.15, -0.1) is 11.8 Å². The highest BCUT2D eigenvalue weighted by molar-refractivity contribution is 7.98. The van der Waals surface area contributed by atoms with E-state index in [1.54, 1.807) is 13.3 Å². The maximum absolute atomic E-state index is 13.4. The number of aromatic nitrogens is 1. The molecule has 1 aromatic heterocycles. The number of fused-ring (bicyclic) bond motifs is 2. The highest BCUT2D eigenvalue weighted by Crippen LogP contribution is 2.52. The van der Waals surface area contributed by atoms with Crippen LogP contribution in [0.2, 0.25) is 0 Å². The summed E-state index contributed by atoms with van der Waals surface area (Å²) < 4.78 is 11.7. The minimum Gasteiger partial charge on any atom is -0.382 e. The van der Waals surface area contributed by atoms with Crippen molar-refractivity contribution in [1.29, 1.82) is 0 Å². The Balaban J connectivity index is 1.62. The molecule has 1 spiro atoms. The number of methoxy groups -OCH3 is 1. The Morgan fingerprint density at radius 3 is 2.60 bits per heavy atom. The van der Waals surface area contributed by atoms with Crippen LogP contribution in [0.1, 0.15) is 54.2 Å². The number of thioether (sulfide) groups is 1. The first-order valence-corrected chi connectivity index (χ1v) is 13.4. The van der Waals surface area contributed by atoms with Crippen molar-refractivity contribution in [1.82, 2.24) is 15.2 Å². The average Bonchev–Trinajstić information content (AvgIpc) is 3.12. The van der Waals surface area contributed by atoms with Crippen LogP contribution < -0.4 is 5.32 Å². The van der Waals surface area contributed by atoms with E-state index < -0.39 is 0 Å². The van der Waals surface area contributed by atoms with Gasteiger partial charge < -0.3 is 19.7 Å². The van der Waals surface area contributed by atoms with E-state index >= 15 is 0 Å². The number of hydrogen-bond donors (Lipinski definition) is 1. The summed E-state index contributed by atoms with van der Waals surface area (Å²) in [6, 6.07) is 11.8. The minimum absolute atomic E-state index is 0.0102. The zero-order valence-corrected chi connectivity index (χ0v) is 21.8. The van der Waals surface area contributed by atoms with Gasteiger partial charge in [0.1, 0.15) is 5.03 Å². The number of carbonyl (C=O) groups excluding carboxylic acids is 2. The Morgan fingerprint density at radius 1 is 1.17 bits per heavy atom. The van der Waals surface area contributed by atoms with Crippen LogP contribution in [0.5, 0.6) is 0 Å². The van der Waals surface area contributed by atoms with Crippen molar-refractivity contribution < 1.29 is 19.1 Å². The summed E-state index contributed by atoms with van der Waals surface area (Å²) in [5.74, 6) is -0.0935. The summed E-state index contributed by atoms with van der Waals surface area (Å²) in [7, 11) is 1.66. The molecule has 1 saturated heterocycles. The molecular formula is C27H35N3O4S. The van der Waals surface area contributed by atoms with Crippen molar-refractivity contribution in [3.05, 3.63) is 59.3 Å². The molecule has 8 heteroatoms. The molecule has 188 valence electrons. The zero-order chi connectivity index (χ0) is 25.0. The fourth-order valence-corrected chi connectivity index (χ4v) is 5.94. The summed E-state index contributed by atoms with van der Waals surface area (Å²) >= 11 is 1.49. The number of likely N-dealkylation sites (tertiary alicyclic amines) is 1. The van der Waals surface area contributed by atoms with Crippen LogP contribution in [0.4, 0.5) is 0 Å². The summed E-state index contributed by atoms with van der Waals surface area (Å²) in [5.41, 5.74) is 2.70. The summed E-state index contributed by atoms with van der Waals surface area (Å²) in [6.07, 6.45) is 4.95. The van der Waals surface area contributed by atoms with Gasteiger partial charge in [-0.25, -0.2) is 4.98 Å². The molecule has 1 N–H and O–H groups in total. The quantitative estimate of drug-likeness (QED) is 0.441. The molecule has 2 aromatic rings. The van der Waals surface area contributed by atoms with Crippen molar-refractivity contribution in [3.8, 4) is 0 Å². The smallest absolute Gasteiger partial charge is 0.256 e. The highest BCUT2D eigenvalue weighted by Gasteiger charge is 2.54. The lowest BCUT2D eigenvalue weighted by atomic mass is 9.71. The van der Waals surface area contributed by atoms with E-state index in [0.717, 1.165) is 23.4 Å². The third kappa shape index (κ3) is 4.97. The van der Waals surface area contributed by atoms with Crippen LogP contribution in [0.25, 0.3) is 0 Å². The molecule has 7 nitrogen and oxygen atoms in total. The number of rotatable bonds is 8. The van der Waals surface area contributed by atoms with Crippen LogP contribution in [0.15, 0.2) is 47.6 Å². The molecule has 2 aliphatic rings. The van der Waals surface area contributed by atoms with Gasteiger partial charge in [0.05, 0.1) is 30.9 Å². The molecule has 1 aromatic carbocycles. The largest absolute Gasteiger partial charge is 0.382 e. The molecular weight excluding hydrogens is 462 g/mol. The van der Waals surface area contributed by atoms with E-state index in [1.165, 1.54) is 17.3 Å². The first-order chi connectivity index (χ1) is 16.9. The second kappa shape index (κ2) is 11.1. The van der Waals surface area contributed by atoms with Gasteiger partial charge in [-0.2, -0.15) is 0 Å². The molecule has 0 radical (unpaired) electrons. The Bertz CT molecular complexity index is 1050. The Labute approximate surface area is 212 Å². The van der Waals surface area contributed by atoms with Crippen LogP contribution in [0, 0.1) is 5.92 Å². The summed E-state index contributed by atoms with van der Waals surface area (Å²) in [6.45, 7) is 5.96. The number of ether oxygens (including phenoxy) is 2. The van der Waals surface area contributed by atoms with Crippen LogP contribution >= 0.6 is 11.8 Å². The van der Waals surface area contributed by atoms with E-state index in [2.05, 4.69) is 28.5 Å². The molecule has 35 heavy (non-hydrogen) atoms. The zero-order valence-electron chi connectivity index (χ0n) is 21.0. The number of piperidine rings is 1. The van der Waals surface area contributed by atoms with Gasteiger partial charge in [-0.3, -0.25) is 9.59 Å². The maximum Gasteiger partial charge on any atom is 0.256 e. The molecule has 0 bridgehead atoms. The van der Waals surface area contributed by atoms with Crippen molar-refractivity contribution in [2.45, 2.75) is 49.3 Å². The number of amides is 2. The Morgan fingerprint density at radius 2 is 1.91 bits per heavy atom. The maximum atomic E-state index is 13.4. The lowest BCUT2D eigenvalue weighted by molar-refractivity contribution is -0.127. The first-order valence-electron chi connectivity index (χ1n) is 12.2.